The molecule has 0 bridgehead atoms. The number of carbonyl (C=O) groups excluding carboxylic acids is 1. The van der Waals surface area contributed by atoms with Gasteiger partial charge in [0, 0.05) is 13.0 Å². The van der Waals surface area contributed by atoms with Crippen molar-refractivity contribution in [1.29, 1.82) is 5.26 Å². The quantitative estimate of drug-likeness (QED) is 0.673. The number of nitriles is 1. The number of nitrogens with zero attached hydrogens (tertiary/aromatic N) is 1. The van der Waals surface area contributed by atoms with Crippen molar-refractivity contribution < 1.29 is 18.0 Å². The molecular weight excluding hydrogens is 233 g/mol. The smallest absolute Gasteiger partial charge is 0.348 e. The number of alkyl halides is 3. The van der Waals surface area contributed by atoms with Crippen LogP contribution in [0.5, 0.6) is 0 Å². The molecule has 0 fully saturated rings. The van der Waals surface area contributed by atoms with Crippen LogP contribution in [0, 0.1) is 11.3 Å². The van der Waals surface area contributed by atoms with Gasteiger partial charge in [-0.2, -0.15) is 18.4 Å². The minimum absolute atomic E-state index is 0.0660. The third-order valence-corrected chi connectivity index (χ3v) is 2.26. The summed E-state index contributed by atoms with van der Waals surface area (Å²) in [5.41, 5.74) is 0. The second kappa shape index (κ2) is 8.85. The Morgan fingerprint density at radius 2 is 1.59 bits per heavy atom. The van der Waals surface area contributed by atoms with Gasteiger partial charge < -0.3 is 5.32 Å². The predicted octanol–water partition coefficient (Wildman–Crippen LogP) is 2.92. The monoisotopic (exact) mass is 250 g/mol. The van der Waals surface area contributed by atoms with Gasteiger partial charge in [0.25, 0.3) is 0 Å². The Balaban J connectivity index is 3.25. The van der Waals surface area contributed by atoms with E-state index in [0.29, 0.717) is 12.8 Å². The van der Waals surface area contributed by atoms with E-state index in [1.54, 1.807) is 0 Å². The summed E-state index contributed by atoms with van der Waals surface area (Å²) in [6.07, 6.45) is 0.885. The lowest BCUT2D eigenvalue weighted by atomic mass is 10.1. The molecule has 0 heterocycles. The van der Waals surface area contributed by atoms with Crippen LogP contribution < -0.4 is 5.32 Å². The van der Waals surface area contributed by atoms with Gasteiger partial charge in [-0.15, -0.1) is 0 Å². The largest absolute Gasteiger partial charge is 0.471 e. The lowest BCUT2D eigenvalue weighted by Gasteiger charge is -2.07. The van der Waals surface area contributed by atoms with Gasteiger partial charge in [-0.05, 0) is 12.8 Å². The van der Waals surface area contributed by atoms with E-state index in [1.165, 1.54) is 0 Å². The van der Waals surface area contributed by atoms with Crippen molar-refractivity contribution >= 4 is 5.91 Å². The molecule has 1 amide bonds. The third kappa shape index (κ3) is 9.67. The molecule has 6 heteroatoms. The number of halogens is 3. The summed E-state index contributed by atoms with van der Waals surface area (Å²) in [6, 6.07) is 2.05. The van der Waals surface area contributed by atoms with E-state index in [2.05, 4.69) is 6.07 Å². The van der Waals surface area contributed by atoms with Crippen LogP contribution in [0.3, 0.4) is 0 Å². The number of hydrogen-bond donors (Lipinski definition) is 1. The van der Waals surface area contributed by atoms with Crippen LogP contribution in [0.2, 0.25) is 0 Å². The van der Waals surface area contributed by atoms with Crippen LogP contribution >= 0.6 is 0 Å². The lowest BCUT2D eigenvalue weighted by molar-refractivity contribution is -0.173. The van der Waals surface area contributed by atoms with E-state index in [9.17, 15) is 18.0 Å². The molecule has 0 aliphatic heterocycles. The number of hydrogen-bond acceptors (Lipinski definition) is 2. The molecule has 0 aromatic carbocycles. The Morgan fingerprint density at radius 1 is 1.06 bits per heavy atom. The summed E-state index contributed by atoms with van der Waals surface area (Å²) in [7, 11) is 0. The fraction of sp³-hybridized carbons (Fsp3) is 0.818. The van der Waals surface area contributed by atoms with Crippen molar-refractivity contribution in [3.05, 3.63) is 0 Å². The van der Waals surface area contributed by atoms with Crippen LogP contribution in [-0.4, -0.2) is 18.6 Å². The summed E-state index contributed by atoms with van der Waals surface area (Å²) in [6.45, 7) is 0.0660. The van der Waals surface area contributed by atoms with E-state index in [0.717, 1.165) is 32.1 Å². The van der Waals surface area contributed by atoms with E-state index in [1.807, 2.05) is 5.32 Å². The van der Waals surface area contributed by atoms with Gasteiger partial charge >= 0.3 is 12.1 Å². The molecule has 0 aliphatic carbocycles. The zero-order chi connectivity index (χ0) is 13.1. The van der Waals surface area contributed by atoms with Gasteiger partial charge in [-0.3, -0.25) is 4.79 Å². The highest BCUT2D eigenvalue weighted by Gasteiger charge is 2.38. The second-order valence-electron chi connectivity index (χ2n) is 3.78. The SMILES string of the molecule is N#CCCCCCCCCNC(=O)C(F)(F)F. The van der Waals surface area contributed by atoms with Gasteiger partial charge in [0.05, 0.1) is 6.07 Å². The minimum Gasteiger partial charge on any atom is -0.348 e. The van der Waals surface area contributed by atoms with Crippen molar-refractivity contribution in [2.75, 3.05) is 6.54 Å². The van der Waals surface area contributed by atoms with E-state index >= 15 is 0 Å². The molecule has 0 saturated carbocycles. The van der Waals surface area contributed by atoms with E-state index in [4.69, 9.17) is 5.26 Å². The van der Waals surface area contributed by atoms with Crippen molar-refractivity contribution in [2.24, 2.45) is 0 Å². The second-order valence-corrected chi connectivity index (χ2v) is 3.78. The Hall–Kier alpha value is -1.25. The molecule has 17 heavy (non-hydrogen) atoms. The molecule has 0 spiro atoms. The normalized spacial score (nSPS) is 10.9. The standard InChI is InChI=1S/C11H17F3N2O/c12-11(13,14)10(17)16-9-7-5-3-1-2-4-6-8-15/h1-7,9H2,(H,16,17). The molecule has 0 rings (SSSR count). The Labute approximate surface area is 99.0 Å². The summed E-state index contributed by atoms with van der Waals surface area (Å²) in [5.74, 6) is -1.87. The zero-order valence-electron chi connectivity index (χ0n) is 9.65. The first-order valence-electron chi connectivity index (χ1n) is 5.70. The molecule has 1 N–H and O–H groups in total. The number of carbonyl (C=O) groups is 1. The summed E-state index contributed by atoms with van der Waals surface area (Å²) in [4.78, 5) is 10.4. The first kappa shape index (κ1) is 15.8. The van der Waals surface area contributed by atoms with Gasteiger partial charge in [0.2, 0.25) is 0 Å². The summed E-state index contributed by atoms with van der Waals surface area (Å²) in [5, 5.41) is 10.1. The van der Waals surface area contributed by atoms with Crippen LogP contribution in [0.4, 0.5) is 13.2 Å². The van der Waals surface area contributed by atoms with Crippen LogP contribution in [0.1, 0.15) is 44.9 Å². The molecule has 0 aliphatic rings. The minimum atomic E-state index is -4.78. The number of rotatable bonds is 8. The first-order valence-corrected chi connectivity index (χ1v) is 5.70. The third-order valence-electron chi connectivity index (χ3n) is 2.26. The van der Waals surface area contributed by atoms with Crippen LogP contribution in [0.15, 0.2) is 0 Å². The predicted molar refractivity (Wildman–Crippen MR) is 57.0 cm³/mol. The molecule has 0 aromatic heterocycles. The highest BCUT2D eigenvalue weighted by Crippen LogP contribution is 2.14. The Morgan fingerprint density at radius 3 is 2.12 bits per heavy atom. The van der Waals surface area contributed by atoms with Crippen LogP contribution in [0.25, 0.3) is 0 Å². The van der Waals surface area contributed by atoms with Crippen molar-refractivity contribution in [3.63, 3.8) is 0 Å². The van der Waals surface area contributed by atoms with E-state index in [-0.39, 0.29) is 6.54 Å². The van der Waals surface area contributed by atoms with E-state index < -0.39 is 12.1 Å². The van der Waals surface area contributed by atoms with Gasteiger partial charge in [-0.1, -0.05) is 25.7 Å². The average molecular weight is 250 g/mol. The molecule has 0 unspecified atom stereocenters. The maximum absolute atomic E-state index is 11.8. The number of unbranched alkanes of at least 4 members (excludes halogenated alkanes) is 6. The Bertz CT molecular complexity index is 258. The average Bonchev–Trinajstić information content (AvgIpc) is 2.25. The molecular formula is C11H17F3N2O. The molecule has 98 valence electrons. The topological polar surface area (TPSA) is 52.9 Å². The number of nitrogens with one attached hydrogen (secondary N) is 1. The first-order chi connectivity index (χ1) is 7.98. The molecule has 0 atom stereocenters. The molecule has 0 aromatic rings. The lowest BCUT2D eigenvalue weighted by Crippen LogP contribution is -2.37. The van der Waals surface area contributed by atoms with Crippen molar-refractivity contribution in [2.45, 2.75) is 51.1 Å². The summed E-state index contributed by atoms with van der Waals surface area (Å²) < 4.78 is 35.3. The van der Waals surface area contributed by atoms with Crippen molar-refractivity contribution in [1.82, 2.24) is 5.32 Å². The van der Waals surface area contributed by atoms with Crippen LogP contribution in [-0.2, 0) is 4.79 Å². The fourth-order valence-electron chi connectivity index (χ4n) is 1.34. The Kier molecular flexibility index (Phi) is 8.20. The van der Waals surface area contributed by atoms with Gasteiger partial charge in [-0.25, -0.2) is 0 Å². The van der Waals surface area contributed by atoms with Crippen molar-refractivity contribution in [3.8, 4) is 6.07 Å². The highest BCUT2D eigenvalue weighted by molar-refractivity contribution is 5.81. The highest BCUT2D eigenvalue weighted by atomic mass is 19.4. The van der Waals surface area contributed by atoms with Gasteiger partial charge in [0.1, 0.15) is 0 Å². The van der Waals surface area contributed by atoms with Gasteiger partial charge in [0.15, 0.2) is 0 Å². The molecule has 0 saturated heterocycles. The molecule has 0 radical (unpaired) electrons. The maximum Gasteiger partial charge on any atom is 0.471 e. The number of amides is 1. The zero-order valence-corrected chi connectivity index (χ0v) is 9.65. The summed E-state index contributed by atoms with van der Waals surface area (Å²) >= 11 is 0. The maximum atomic E-state index is 11.8. The molecule has 3 nitrogen and oxygen atoms in total. The fourth-order valence-corrected chi connectivity index (χ4v) is 1.34.